The normalized spacial score (nSPS) is 17.0. The molecular formula is C19H22N6O. The van der Waals surface area contributed by atoms with Gasteiger partial charge in [-0.25, -0.2) is 14.5 Å². The van der Waals surface area contributed by atoms with E-state index in [4.69, 9.17) is 0 Å². The highest BCUT2D eigenvalue weighted by molar-refractivity contribution is 5.93. The molecular weight excluding hydrogens is 328 g/mol. The molecule has 4 heterocycles. The number of pyridine rings is 1. The van der Waals surface area contributed by atoms with Crippen molar-refractivity contribution in [3.63, 3.8) is 0 Å². The van der Waals surface area contributed by atoms with Crippen molar-refractivity contribution in [2.24, 2.45) is 0 Å². The van der Waals surface area contributed by atoms with Crippen LogP contribution in [0.1, 0.15) is 46.3 Å². The van der Waals surface area contributed by atoms with Gasteiger partial charge in [0.2, 0.25) is 0 Å². The van der Waals surface area contributed by atoms with E-state index in [2.05, 4.69) is 20.4 Å². The van der Waals surface area contributed by atoms with Crippen LogP contribution in [0.3, 0.4) is 0 Å². The molecule has 1 atom stereocenters. The predicted octanol–water partition coefficient (Wildman–Crippen LogP) is 2.76. The first-order valence-corrected chi connectivity index (χ1v) is 8.85. The van der Waals surface area contributed by atoms with Crippen molar-refractivity contribution in [2.75, 3.05) is 18.9 Å². The summed E-state index contributed by atoms with van der Waals surface area (Å²) in [5.41, 5.74) is 4.15. The Kier molecular flexibility index (Phi) is 4.06. The second-order valence-electron chi connectivity index (χ2n) is 6.72. The van der Waals surface area contributed by atoms with E-state index in [-0.39, 0.29) is 11.9 Å². The highest BCUT2D eigenvalue weighted by atomic mass is 16.2. The summed E-state index contributed by atoms with van der Waals surface area (Å²) in [6.45, 7) is 4.65. The molecule has 0 bridgehead atoms. The van der Waals surface area contributed by atoms with Gasteiger partial charge in [0.25, 0.3) is 5.91 Å². The minimum absolute atomic E-state index is 0.0436. The van der Waals surface area contributed by atoms with E-state index < -0.39 is 0 Å². The number of amides is 1. The fourth-order valence-corrected chi connectivity index (χ4v) is 3.69. The summed E-state index contributed by atoms with van der Waals surface area (Å²) >= 11 is 0. The van der Waals surface area contributed by atoms with Gasteiger partial charge >= 0.3 is 0 Å². The van der Waals surface area contributed by atoms with Crippen LogP contribution in [-0.2, 0) is 0 Å². The summed E-state index contributed by atoms with van der Waals surface area (Å²) in [6.07, 6.45) is 3.71. The molecule has 0 aromatic carbocycles. The third-order valence-electron chi connectivity index (χ3n) is 4.89. The Morgan fingerprint density at radius 1 is 1.27 bits per heavy atom. The van der Waals surface area contributed by atoms with Gasteiger partial charge in [0, 0.05) is 37.2 Å². The molecule has 134 valence electrons. The van der Waals surface area contributed by atoms with Crippen LogP contribution < -0.4 is 5.32 Å². The topological polar surface area (TPSA) is 75.4 Å². The van der Waals surface area contributed by atoms with Gasteiger partial charge in [-0.1, -0.05) is 0 Å². The van der Waals surface area contributed by atoms with E-state index in [9.17, 15) is 4.79 Å². The molecule has 4 rings (SSSR count). The number of hydrogen-bond acceptors (Lipinski definition) is 5. The van der Waals surface area contributed by atoms with Gasteiger partial charge in [0.1, 0.15) is 5.82 Å². The number of anilines is 1. The Bertz CT molecular complexity index is 979. The Labute approximate surface area is 152 Å². The molecule has 7 nitrogen and oxygen atoms in total. The maximum absolute atomic E-state index is 13.1. The van der Waals surface area contributed by atoms with E-state index in [0.29, 0.717) is 11.3 Å². The summed E-state index contributed by atoms with van der Waals surface area (Å²) in [7, 11) is 1.84. The van der Waals surface area contributed by atoms with Crippen LogP contribution in [0.4, 0.5) is 5.82 Å². The lowest BCUT2D eigenvalue weighted by Gasteiger charge is -2.24. The molecule has 3 aromatic rings. The molecule has 0 saturated carbocycles. The number of aromatic nitrogens is 4. The van der Waals surface area contributed by atoms with E-state index in [1.165, 1.54) is 0 Å². The van der Waals surface area contributed by atoms with E-state index in [1.807, 2.05) is 44.0 Å². The van der Waals surface area contributed by atoms with Crippen LogP contribution in [0.25, 0.3) is 5.65 Å². The van der Waals surface area contributed by atoms with Gasteiger partial charge in [0.15, 0.2) is 11.3 Å². The minimum Gasteiger partial charge on any atom is -0.373 e. The fourth-order valence-electron chi connectivity index (χ4n) is 3.69. The van der Waals surface area contributed by atoms with Gasteiger partial charge in [-0.2, -0.15) is 5.10 Å². The standard InChI is InChI=1S/C19H22N6O/c1-12-9-13(2)25-18(22-12)11-15(23-25)19(26)24-8-4-5-16(24)14-6-7-21-17(10-14)20-3/h6-7,9-11,16H,4-5,8H2,1-3H3,(H,20,21). The zero-order valence-electron chi connectivity index (χ0n) is 15.2. The second kappa shape index (κ2) is 6.40. The lowest BCUT2D eigenvalue weighted by molar-refractivity contribution is 0.0729. The van der Waals surface area contributed by atoms with Gasteiger partial charge in [-0.05, 0) is 50.5 Å². The number of rotatable bonds is 3. The molecule has 1 aliphatic heterocycles. The summed E-state index contributed by atoms with van der Waals surface area (Å²) in [5, 5.41) is 7.56. The lowest BCUT2D eigenvalue weighted by Crippen LogP contribution is -2.31. The SMILES string of the molecule is CNc1cc(C2CCCN2C(=O)c2cc3nc(C)cc(C)n3n2)ccn1. The molecule has 0 aliphatic carbocycles. The molecule has 1 saturated heterocycles. The maximum Gasteiger partial charge on any atom is 0.274 e. The lowest BCUT2D eigenvalue weighted by atomic mass is 10.1. The highest BCUT2D eigenvalue weighted by Gasteiger charge is 2.32. The monoisotopic (exact) mass is 350 g/mol. The molecule has 1 fully saturated rings. The van der Waals surface area contributed by atoms with E-state index >= 15 is 0 Å². The van der Waals surface area contributed by atoms with Crippen LogP contribution in [0.5, 0.6) is 0 Å². The van der Waals surface area contributed by atoms with Crippen LogP contribution in [0.15, 0.2) is 30.5 Å². The molecule has 1 aliphatic rings. The number of aryl methyl sites for hydroxylation is 2. The van der Waals surface area contributed by atoms with Crippen molar-refractivity contribution in [2.45, 2.75) is 32.7 Å². The van der Waals surface area contributed by atoms with Gasteiger partial charge < -0.3 is 10.2 Å². The number of carbonyl (C=O) groups excluding carboxylic acids is 1. The largest absolute Gasteiger partial charge is 0.373 e. The Balaban J connectivity index is 1.67. The van der Waals surface area contributed by atoms with Crippen molar-refractivity contribution >= 4 is 17.4 Å². The number of nitrogens with one attached hydrogen (secondary N) is 1. The quantitative estimate of drug-likeness (QED) is 0.786. The zero-order valence-corrected chi connectivity index (χ0v) is 15.2. The van der Waals surface area contributed by atoms with Gasteiger partial charge in [0.05, 0.1) is 6.04 Å². The number of fused-ring (bicyclic) bond motifs is 1. The van der Waals surface area contributed by atoms with Crippen molar-refractivity contribution in [1.82, 2.24) is 24.5 Å². The summed E-state index contributed by atoms with van der Waals surface area (Å²) in [6, 6.07) is 7.79. The Morgan fingerprint density at radius 3 is 2.92 bits per heavy atom. The minimum atomic E-state index is -0.0436. The molecule has 1 unspecified atom stereocenters. The first-order chi connectivity index (χ1) is 12.6. The molecule has 0 spiro atoms. The predicted molar refractivity (Wildman–Crippen MR) is 99.3 cm³/mol. The molecule has 7 heteroatoms. The van der Waals surface area contributed by atoms with Crippen LogP contribution in [0, 0.1) is 13.8 Å². The van der Waals surface area contributed by atoms with Gasteiger partial charge in [-0.3, -0.25) is 4.79 Å². The van der Waals surface area contributed by atoms with Crippen molar-refractivity contribution in [1.29, 1.82) is 0 Å². The third kappa shape index (κ3) is 2.79. The van der Waals surface area contributed by atoms with Crippen molar-refractivity contribution in [3.8, 4) is 0 Å². The summed E-state index contributed by atoms with van der Waals surface area (Å²) in [5.74, 6) is 0.766. The number of nitrogens with zero attached hydrogens (tertiary/aromatic N) is 5. The van der Waals surface area contributed by atoms with Crippen LogP contribution in [-0.4, -0.2) is 44.0 Å². The van der Waals surface area contributed by atoms with Crippen molar-refractivity contribution < 1.29 is 4.79 Å². The average Bonchev–Trinajstić information content (AvgIpc) is 3.28. The van der Waals surface area contributed by atoms with Gasteiger partial charge in [-0.15, -0.1) is 0 Å². The molecule has 3 aromatic heterocycles. The zero-order chi connectivity index (χ0) is 18.3. The molecule has 1 N–H and O–H groups in total. The first kappa shape index (κ1) is 16.5. The summed E-state index contributed by atoms with van der Waals surface area (Å²) < 4.78 is 1.73. The Morgan fingerprint density at radius 2 is 2.12 bits per heavy atom. The number of hydrogen-bond donors (Lipinski definition) is 1. The van der Waals surface area contributed by atoms with Crippen molar-refractivity contribution in [3.05, 3.63) is 53.1 Å². The van der Waals surface area contributed by atoms with Crippen LogP contribution >= 0.6 is 0 Å². The fraction of sp³-hybridized carbons (Fsp3) is 0.368. The maximum atomic E-state index is 13.1. The average molecular weight is 350 g/mol. The molecule has 0 radical (unpaired) electrons. The smallest absolute Gasteiger partial charge is 0.274 e. The first-order valence-electron chi connectivity index (χ1n) is 8.85. The van der Waals surface area contributed by atoms with E-state index in [1.54, 1.807) is 16.8 Å². The van der Waals surface area contributed by atoms with E-state index in [0.717, 1.165) is 42.2 Å². The molecule has 1 amide bonds. The number of carbonyl (C=O) groups is 1. The summed E-state index contributed by atoms with van der Waals surface area (Å²) in [4.78, 5) is 23.8. The molecule has 26 heavy (non-hydrogen) atoms. The Hall–Kier alpha value is -2.96. The highest BCUT2D eigenvalue weighted by Crippen LogP contribution is 2.33. The third-order valence-corrected chi connectivity index (χ3v) is 4.89. The second-order valence-corrected chi connectivity index (χ2v) is 6.72. The van der Waals surface area contributed by atoms with Crippen LogP contribution in [0.2, 0.25) is 0 Å². The number of likely N-dealkylation sites (tertiary alicyclic amines) is 1.